The average Bonchev–Trinajstić information content (AvgIpc) is 2.24. The summed E-state index contributed by atoms with van der Waals surface area (Å²) in [5.74, 6) is 0.606. The Morgan fingerprint density at radius 1 is 1.40 bits per heavy atom. The van der Waals surface area contributed by atoms with Gasteiger partial charge in [-0.1, -0.05) is 37.1 Å². The highest BCUT2D eigenvalue weighted by atomic mass is 35.5. The molecule has 0 nitrogen and oxygen atoms in total. The van der Waals surface area contributed by atoms with Crippen molar-refractivity contribution < 1.29 is 4.39 Å². The Hall–Kier alpha value is -0.270. The second-order valence-electron chi connectivity index (χ2n) is 3.73. The standard InChI is InChI=1S/C12H15Cl2F/c1-2-4-9(8-13)7-10-5-3-6-11(14)12(10)15/h3,5-6,9H,2,4,7-8H2,1H3. The number of hydrogen-bond donors (Lipinski definition) is 0. The number of benzene rings is 1. The zero-order valence-electron chi connectivity index (χ0n) is 8.77. The fourth-order valence-corrected chi connectivity index (χ4v) is 2.12. The molecule has 1 unspecified atom stereocenters. The zero-order chi connectivity index (χ0) is 11.3. The normalized spacial score (nSPS) is 12.8. The second kappa shape index (κ2) is 6.34. The molecule has 0 N–H and O–H groups in total. The summed E-state index contributed by atoms with van der Waals surface area (Å²) >= 11 is 11.5. The molecule has 1 atom stereocenters. The van der Waals surface area contributed by atoms with E-state index in [4.69, 9.17) is 23.2 Å². The first-order valence-corrected chi connectivity index (χ1v) is 6.09. The molecule has 84 valence electrons. The van der Waals surface area contributed by atoms with Crippen LogP contribution < -0.4 is 0 Å². The van der Waals surface area contributed by atoms with Crippen LogP contribution in [0, 0.1) is 11.7 Å². The molecule has 3 heteroatoms. The van der Waals surface area contributed by atoms with Crippen LogP contribution in [0.15, 0.2) is 18.2 Å². The smallest absolute Gasteiger partial charge is 0.144 e. The van der Waals surface area contributed by atoms with E-state index in [1.807, 2.05) is 0 Å². The van der Waals surface area contributed by atoms with Gasteiger partial charge in [-0.05, 0) is 30.4 Å². The Labute approximate surface area is 100 Å². The first kappa shape index (κ1) is 12.8. The van der Waals surface area contributed by atoms with Crippen LogP contribution in [-0.4, -0.2) is 5.88 Å². The van der Waals surface area contributed by atoms with Gasteiger partial charge in [0, 0.05) is 5.88 Å². The molecule has 0 aliphatic heterocycles. The second-order valence-corrected chi connectivity index (χ2v) is 4.44. The predicted molar refractivity (Wildman–Crippen MR) is 64.2 cm³/mol. The Morgan fingerprint density at radius 2 is 2.13 bits per heavy atom. The topological polar surface area (TPSA) is 0 Å². The van der Waals surface area contributed by atoms with Gasteiger partial charge in [-0.15, -0.1) is 11.6 Å². The van der Waals surface area contributed by atoms with Gasteiger partial charge in [0.1, 0.15) is 5.82 Å². The lowest BCUT2D eigenvalue weighted by Gasteiger charge is -2.13. The molecule has 1 aromatic rings. The average molecular weight is 249 g/mol. The zero-order valence-corrected chi connectivity index (χ0v) is 10.3. The Morgan fingerprint density at radius 3 is 2.73 bits per heavy atom. The van der Waals surface area contributed by atoms with E-state index >= 15 is 0 Å². The van der Waals surface area contributed by atoms with E-state index < -0.39 is 0 Å². The van der Waals surface area contributed by atoms with Crippen molar-refractivity contribution in [1.82, 2.24) is 0 Å². The van der Waals surface area contributed by atoms with Gasteiger partial charge < -0.3 is 0 Å². The van der Waals surface area contributed by atoms with Gasteiger partial charge in [-0.25, -0.2) is 4.39 Å². The molecule has 0 radical (unpaired) electrons. The van der Waals surface area contributed by atoms with Crippen LogP contribution >= 0.6 is 23.2 Å². The van der Waals surface area contributed by atoms with E-state index in [-0.39, 0.29) is 10.8 Å². The van der Waals surface area contributed by atoms with Gasteiger partial charge in [0.25, 0.3) is 0 Å². The van der Waals surface area contributed by atoms with Gasteiger partial charge >= 0.3 is 0 Å². The molecular formula is C12H15Cl2F. The largest absolute Gasteiger partial charge is 0.205 e. The summed E-state index contributed by atoms with van der Waals surface area (Å²) in [6.45, 7) is 2.11. The molecule has 1 aromatic carbocycles. The van der Waals surface area contributed by atoms with Crippen LogP contribution in [0.2, 0.25) is 5.02 Å². The van der Waals surface area contributed by atoms with Crippen molar-refractivity contribution in [2.45, 2.75) is 26.2 Å². The highest BCUT2D eigenvalue weighted by Gasteiger charge is 2.12. The summed E-state index contributed by atoms with van der Waals surface area (Å²) in [6, 6.07) is 5.12. The van der Waals surface area contributed by atoms with Crippen LogP contribution in [-0.2, 0) is 6.42 Å². The third-order valence-corrected chi connectivity index (χ3v) is 3.18. The third kappa shape index (κ3) is 3.66. The molecule has 1 rings (SSSR count). The van der Waals surface area contributed by atoms with E-state index in [1.54, 1.807) is 18.2 Å². The van der Waals surface area contributed by atoms with Crippen molar-refractivity contribution in [3.8, 4) is 0 Å². The van der Waals surface area contributed by atoms with E-state index in [9.17, 15) is 4.39 Å². The van der Waals surface area contributed by atoms with Gasteiger partial charge in [-0.3, -0.25) is 0 Å². The summed E-state index contributed by atoms with van der Waals surface area (Å²) in [7, 11) is 0. The van der Waals surface area contributed by atoms with Gasteiger partial charge in [0.05, 0.1) is 5.02 Å². The molecule has 0 heterocycles. The van der Waals surface area contributed by atoms with Crippen LogP contribution in [0.1, 0.15) is 25.3 Å². The third-order valence-electron chi connectivity index (χ3n) is 2.46. The highest BCUT2D eigenvalue weighted by Crippen LogP contribution is 2.22. The molecule has 0 fully saturated rings. The minimum absolute atomic E-state index is 0.192. The lowest BCUT2D eigenvalue weighted by Crippen LogP contribution is -2.07. The maximum absolute atomic E-state index is 13.6. The lowest BCUT2D eigenvalue weighted by atomic mass is 9.96. The first-order chi connectivity index (χ1) is 7.19. The molecule has 0 bridgehead atoms. The Balaban J connectivity index is 2.74. The number of alkyl halides is 1. The van der Waals surface area contributed by atoms with Crippen molar-refractivity contribution in [2.24, 2.45) is 5.92 Å². The van der Waals surface area contributed by atoms with Gasteiger partial charge in [0.15, 0.2) is 0 Å². The Kier molecular flexibility index (Phi) is 5.41. The lowest BCUT2D eigenvalue weighted by molar-refractivity contribution is 0.509. The van der Waals surface area contributed by atoms with Crippen LogP contribution in [0.5, 0.6) is 0 Å². The van der Waals surface area contributed by atoms with Crippen molar-refractivity contribution in [3.63, 3.8) is 0 Å². The summed E-state index contributed by atoms with van der Waals surface area (Å²) < 4.78 is 13.6. The molecule has 0 aromatic heterocycles. The maximum Gasteiger partial charge on any atom is 0.144 e. The van der Waals surface area contributed by atoms with E-state index in [1.165, 1.54) is 0 Å². The van der Waals surface area contributed by atoms with E-state index in [0.717, 1.165) is 12.8 Å². The molecule has 0 spiro atoms. The summed E-state index contributed by atoms with van der Waals surface area (Å²) in [4.78, 5) is 0. The molecular weight excluding hydrogens is 234 g/mol. The van der Waals surface area contributed by atoms with E-state index in [2.05, 4.69) is 6.92 Å². The molecule has 15 heavy (non-hydrogen) atoms. The minimum Gasteiger partial charge on any atom is -0.205 e. The predicted octanol–water partition coefficient (Wildman–Crippen LogP) is 4.68. The molecule has 0 amide bonds. The first-order valence-electron chi connectivity index (χ1n) is 5.17. The fourth-order valence-electron chi connectivity index (χ4n) is 1.66. The monoisotopic (exact) mass is 248 g/mol. The highest BCUT2D eigenvalue weighted by molar-refractivity contribution is 6.30. The summed E-state index contributed by atoms with van der Waals surface area (Å²) in [5.41, 5.74) is 0.668. The fraction of sp³-hybridized carbons (Fsp3) is 0.500. The van der Waals surface area contributed by atoms with Crippen molar-refractivity contribution >= 4 is 23.2 Å². The number of rotatable bonds is 5. The van der Waals surface area contributed by atoms with Gasteiger partial charge in [-0.2, -0.15) is 0 Å². The van der Waals surface area contributed by atoms with Crippen LogP contribution in [0.3, 0.4) is 0 Å². The van der Waals surface area contributed by atoms with Crippen LogP contribution in [0.4, 0.5) is 4.39 Å². The minimum atomic E-state index is -0.301. The quantitative estimate of drug-likeness (QED) is 0.665. The Bertz CT molecular complexity index is 312. The van der Waals surface area contributed by atoms with E-state index in [0.29, 0.717) is 23.8 Å². The number of halogens is 3. The summed E-state index contributed by atoms with van der Waals surface area (Å²) in [5, 5.41) is 0.192. The molecule has 0 aliphatic rings. The summed E-state index contributed by atoms with van der Waals surface area (Å²) in [6.07, 6.45) is 2.76. The van der Waals surface area contributed by atoms with Crippen molar-refractivity contribution in [1.29, 1.82) is 0 Å². The van der Waals surface area contributed by atoms with Crippen LogP contribution in [0.25, 0.3) is 0 Å². The molecule has 0 saturated carbocycles. The number of hydrogen-bond acceptors (Lipinski definition) is 0. The van der Waals surface area contributed by atoms with Gasteiger partial charge in [0.2, 0.25) is 0 Å². The molecule has 0 saturated heterocycles. The van der Waals surface area contributed by atoms with Crippen molar-refractivity contribution in [3.05, 3.63) is 34.6 Å². The van der Waals surface area contributed by atoms with Crippen molar-refractivity contribution in [2.75, 3.05) is 5.88 Å². The maximum atomic E-state index is 13.6. The molecule has 0 aliphatic carbocycles. The SMILES string of the molecule is CCCC(CCl)Cc1cccc(Cl)c1F.